The highest BCUT2D eigenvalue weighted by atomic mass is 35.5. The minimum Gasteiger partial charge on any atom is -0.376 e. The maximum atomic E-state index is 12.4. The van der Waals surface area contributed by atoms with Crippen molar-refractivity contribution in [3.8, 4) is 11.1 Å². The van der Waals surface area contributed by atoms with Crippen molar-refractivity contribution >= 4 is 75.6 Å². The lowest BCUT2D eigenvalue weighted by Gasteiger charge is -2.37. The van der Waals surface area contributed by atoms with E-state index in [1.165, 1.54) is 22.4 Å². The van der Waals surface area contributed by atoms with Gasteiger partial charge in [-0.05, 0) is 137 Å². The van der Waals surface area contributed by atoms with E-state index in [-0.39, 0.29) is 16.7 Å². The van der Waals surface area contributed by atoms with E-state index in [1.807, 2.05) is 64.5 Å². The summed E-state index contributed by atoms with van der Waals surface area (Å²) >= 11 is 9.42. The fourth-order valence-corrected chi connectivity index (χ4v) is 9.61. The number of nitro benzene ring substituents is 1. The fourth-order valence-electron chi connectivity index (χ4n) is 7.78. The highest BCUT2D eigenvalue weighted by Gasteiger charge is 2.25. The number of allylic oxidation sites excluding steroid dienone is 4. The minimum absolute atomic E-state index is 0.0548. The largest absolute Gasteiger partial charge is 0.376 e. The van der Waals surface area contributed by atoms with Crippen molar-refractivity contribution in [2.75, 3.05) is 72.4 Å². The van der Waals surface area contributed by atoms with Crippen molar-refractivity contribution in [3.05, 3.63) is 141 Å². The molecule has 1 aromatic heterocycles. The lowest BCUT2D eigenvalue weighted by atomic mass is 9.93. The first-order chi connectivity index (χ1) is 29.1. The van der Waals surface area contributed by atoms with Gasteiger partial charge in [0.1, 0.15) is 5.69 Å². The Labute approximate surface area is 367 Å². The number of nitrogens with zero attached hydrogens (tertiary/aromatic N) is 5. The molecule has 2 heterocycles. The Hall–Kier alpha value is -5.14. The Morgan fingerprint density at radius 1 is 0.883 bits per heavy atom. The molecule has 4 aromatic carbocycles. The quantitative estimate of drug-likeness (QED) is 0.0309. The molecule has 0 amide bonds. The highest BCUT2D eigenvalue weighted by Crippen LogP contribution is 2.40. The van der Waals surface area contributed by atoms with Crippen LogP contribution in [0.4, 0.5) is 28.4 Å². The second-order valence-corrected chi connectivity index (χ2v) is 17.9. The van der Waals surface area contributed by atoms with E-state index < -0.39 is 0 Å². The van der Waals surface area contributed by atoms with Crippen molar-refractivity contribution in [2.24, 2.45) is 7.05 Å². The number of rotatable bonds is 17. The number of hydrogen-bond acceptors (Lipinski definition) is 10. The van der Waals surface area contributed by atoms with Gasteiger partial charge in [0.2, 0.25) is 0 Å². The molecular formula is C47H52ClN7O3S2. The number of anilines is 4. The molecule has 0 saturated carbocycles. The molecule has 0 radical (unpaired) electrons. The zero-order valence-electron chi connectivity index (χ0n) is 34.6. The van der Waals surface area contributed by atoms with Gasteiger partial charge < -0.3 is 29.3 Å². The number of hydrogen-bond donors (Lipinski definition) is 2. The van der Waals surface area contributed by atoms with Crippen molar-refractivity contribution in [3.63, 3.8) is 0 Å². The molecule has 13 heteroatoms. The fraction of sp³-hybridized carbons (Fsp3) is 0.298. The van der Waals surface area contributed by atoms with E-state index in [1.54, 1.807) is 17.8 Å². The second kappa shape index (κ2) is 19.9. The molecule has 7 rings (SSSR count). The zero-order valence-corrected chi connectivity index (χ0v) is 37.0. The number of halogens is 1. The van der Waals surface area contributed by atoms with Crippen LogP contribution in [0.3, 0.4) is 0 Å². The molecule has 0 unspecified atom stereocenters. The normalized spacial score (nSPS) is 14.8. The Morgan fingerprint density at radius 3 is 2.28 bits per heavy atom. The standard InChI is InChI=1S/C47H52ClN7O3S2/c1-33-43(31-56)46(47(52(33)4)34-13-15-36(48)16-14-34)35-9-8-10-40(29-35)54-27-25-53(26-28-54)39-19-17-37(18-20-39)50-60-42-21-22-44(45(30-42)55(57)58)49-38(23-24-51(2)3)32-59-41-11-6-5-7-12-41/h5-13,15,17-22,29-31,38,49-50H,14,16,23-28,32H2,1-4H3/t38-/m1/s1. The molecule has 60 heavy (non-hydrogen) atoms. The van der Waals surface area contributed by atoms with Crippen molar-refractivity contribution < 1.29 is 9.72 Å². The first-order valence-electron chi connectivity index (χ1n) is 20.3. The summed E-state index contributed by atoms with van der Waals surface area (Å²) in [5.74, 6) is 0.792. The Kier molecular flexibility index (Phi) is 14.3. The average Bonchev–Trinajstić information content (AvgIpc) is 3.53. The molecule has 312 valence electrons. The zero-order chi connectivity index (χ0) is 42.2. The van der Waals surface area contributed by atoms with Crippen molar-refractivity contribution in [1.82, 2.24) is 9.47 Å². The van der Waals surface area contributed by atoms with Gasteiger partial charge in [0.25, 0.3) is 5.69 Å². The molecule has 2 N–H and O–H groups in total. The lowest BCUT2D eigenvalue weighted by molar-refractivity contribution is -0.384. The van der Waals surface area contributed by atoms with Crippen LogP contribution < -0.4 is 19.8 Å². The summed E-state index contributed by atoms with van der Waals surface area (Å²) in [6.45, 7) is 6.34. The monoisotopic (exact) mass is 861 g/mol. The average molecular weight is 863 g/mol. The Morgan fingerprint density at radius 2 is 1.62 bits per heavy atom. The van der Waals surface area contributed by atoms with Gasteiger partial charge in [0, 0.05) is 99.8 Å². The number of carbonyl (C=O) groups excluding carboxylic acids is 1. The SMILES string of the molecule is Cc1c(C=O)c(-c2cccc(N3CCN(c4ccc(NSc5ccc(N[C@H](CCN(C)C)CSc6ccccc6)c([N+](=O)[O-])c5)cc4)CC3)c2)c(C2=CC=C(Cl)CC2)n1C. The van der Waals surface area contributed by atoms with Gasteiger partial charge in [-0.15, -0.1) is 11.8 Å². The van der Waals surface area contributed by atoms with Crippen LogP contribution in [-0.4, -0.2) is 79.3 Å². The maximum absolute atomic E-state index is 12.4. The van der Waals surface area contributed by atoms with Gasteiger partial charge in [0.05, 0.1) is 10.6 Å². The topological polar surface area (TPSA) is 98.9 Å². The summed E-state index contributed by atoms with van der Waals surface area (Å²) in [5, 5.41) is 16.6. The van der Waals surface area contributed by atoms with Gasteiger partial charge in [-0.1, -0.05) is 48.0 Å². The van der Waals surface area contributed by atoms with E-state index in [9.17, 15) is 14.9 Å². The molecule has 0 spiro atoms. The van der Waals surface area contributed by atoms with Crippen LogP contribution in [0.5, 0.6) is 0 Å². The number of nitrogens with one attached hydrogen (secondary N) is 2. The first kappa shape index (κ1) is 43.0. The smallest absolute Gasteiger partial charge is 0.293 e. The maximum Gasteiger partial charge on any atom is 0.293 e. The first-order valence-corrected chi connectivity index (χ1v) is 22.5. The summed E-state index contributed by atoms with van der Waals surface area (Å²) in [6.07, 6.45) is 7.53. The van der Waals surface area contributed by atoms with Crippen LogP contribution in [0, 0.1) is 17.0 Å². The van der Waals surface area contributed by atoms with Gasteiger partial charge in [-0.3, -0.25) is 14.9 Å². The lowest BCUT2D eigenvalue weighted by Crippen LogP contribution is -2.46. The van der Waals surface area contributed by atoms with Crippen LogP contribution in [0.15, 0.2) is 124 Å². The molecule has 10 nitrogen and oxygen atoms in total. The summed E-state index contributed by atoms with van der Waals surface area (Å²) < 4.78 is 5.52. The van der Waals surface area contributed by atoms with E-state index >= 15 is 0 Å². The number of nitro groups is 1. The van der Waals surface area contributed by atoms with Crippen molar-refractivity contribution in [2.45, 2.75) is 42.0 Å². The number of piperazine rings is 1. The number of aldehydes is 1. The summed E-state index contributed by atoms with van der Waals surface area (Å²) in [4.78, 5) is 33.3. The van der Waals surface area contributed by atoms with Gasteiger partial charge in [-0.2, -0.15) is 0 Å². The highest BCUT2D eigenvalue weighted by molar-refractivity contribution is 8.00. The molecule has 1 fully saturated rings. The van der Waals surface area contributed by atoms with Crippen LogP contribution in [0.1, 0.15) is 41.0 Å². The molecule has 1 aliphatic carbocycles. The number of aromatic nitrogens is 1. The summed E-state index contributed by atoms with van der Waals surface area (Å²) in [7, 11) is 6.12. The predicted molar refractivity (Wildman–Crippen MR) is 253 cm³/mol. The van der Waals surface area contributed by atoms with Crippen molar-refractivity contribution in [1.29, 1.82) is 0 Å². The third-order valence-corrected chi connectivity index (χ3v) is 13.5. The minimum atomic E-state index is -0.306. The molecule has 5 aromatic rings. The number of thioether (sulfide) groups is 1. The van der Waals surface area contributed by atoms with E-state index in [4.69, 9.17) is 11.6 Å². The third kappa shape index (κ3) is 10.4. The molecule has 2 aliphatic rings. The number of carbonyl (C=O) groups is 1. The molecule has 1 saturated heterocycles. The van der Waals surface area contributed by atoms with Crippen LogP contribution in [0.25, 0.3) is 16.7 Å². The molecule has 0 bridgehead atoms. The van der Waals surface area contributed by atoms with Crippen LogP contribution >= 0.6 is 35.3 Å². The van der Waals surface area contributed by atoms with Crippen LogP contribution in [-0.2, 0) is 7.05 Å². The summed E-state index contributed by atoms with van der Waals surface area (Å²) in [5.41, 5.74) is 9.77. The Bertz CT molecular complexity index is 2360. The summed E-state index contributed by atoms with van der Waals surface area (Å²) in [6, 6.07) is 32.6. The van der Waals surface area contributed by atoms with Gasteiger partial charge >= 0.3 is 0 Å². The molecule has 1 atom stereocenters. The third-order valence-electron chi connectivity index (χ3n) is 11.2. The van der Waals surface area contributed by atoms with E-state index in [2.05, 4.69) is 96.0 Å². The van der Waals surface area contributed by atoms with E-state index in [0.717, 1.165) is 119 Å². The predicted octanol–water partition coefficient (Wildman–Crippen LogP) is 11.0. The van der Waals surface area contributed by atoms with Gasteiger partial charge in [0.15, 0.2) is 6.29 Å². The Balaban J connectivity index is 0.961. The van der Waals surface area contributed by atoms with E-state index in [0.29, 0.717) is 5.69 Å². The number of benzene rings is 4. The second-order valence-electron chi connectivity index (χ2n) is 15.5. The molecule has 1 aliphatic heterocycles. The molecular weight excluding hydrogens is 810 g/mol. The van der Waals surface area contributed by atoms with Crippen LogP contribution in [0.2, 0.25) is 0 Å². The van der Waals surface area contributed by atoms with Gasteiger partial charge in [-0.25, -0.2) is 0 Å².